The molecule has 1 fully saturated rings. The van der Waals surface area contributed by atoms with E-state index in [0.717, 1.165) is 38.4 Å². The van der Waals surface area contributed by atoms with E-state index >= 15 is 0 Å². The number of carbonyl (C=O) groups is 1. The van der Waals surface area contributed by atoms with Crippen LogP contribution < -0.4 is 0 Å². The normalized spacial score (nSPS) is 19.3. The van der Waals surface area contributed by atoms with Crippen molar-refractivity contribution in [3.8, 4) is 0 Å². The molecule has 1 saturated heterocycles. The molecule has 1 aromatic carbocycles. The van der Waals surface area contributed by atoms with Crippen LogP contribution in [0.4, 0.5) is 8.78 Å². The zero-order chi connectivity index (χ0) is 16.1. The van der Waals surface area contributed by atoms with Crippen LogP contribution in [0.5, 0.6) is 0 Å². The number of nitrogens with zero attached hydrogens (tertiary/aromatic N) is 2. The predicted octanol–water partition coefficient (Wildman–Crippen LogP) is 2.84. The summed E-state index contributed by atoms with van der Waals surface area (Å²) in [5.74, 6) is -1.10. The summed E-state index contributed by atoms with van der Waals surface area (Å²) in [4.78, 5) is 16.4. The molecule has 0 aromatic heterocycles. The Balaban J connectivity index is 1.87. The molecule has 22 heavy (non-hydrogen) atoms. The zero-order valence-electron chi connectivity index (χ0n) is 13.3. The molecule has 1 heterocycles. The van der Waals surface area contributed by atoms with E-state index in [1.54, 1.807) is 0 Å². The second-order valence-electron chi connectivity index (χ2n) is 6.16. The van der Waals surface area contributed by atoms with Gasteiger partial charge in [0.1, 0.15) is 11.6 Å². The highest BCUT2D eigenvalue weighted by Crippen LogP contribution is 2.17. The highest BCUT2D eigenvalue weighted by atomic mass is 19.1. The van der Waals surface area contributed by atoms with Crippen molar-refractivity contribution in [2.75, 3.05) is 27.2 Å². The summed E-state index contributed by atoms with van der Waals surface area (Å²) in [5, 5.41) is 0. The van der Waals surface area contributed by atoms with E-state index in [1.165, 1.54) is 12.1 Å². The minimum absolute atomic E-state index is 0.0585. The van der Waals surface area contributed by atoms with Crippen molar-refractivity contribution in [1.82, 2.24) is 9.80 Å². The van der Waals surface area contributed by atoms with Crippen molar-refractivity contribution in [3.05, 3.63) is 35.4 Å². The van der Waals surface area contributed by atoms with Crippen LogP contribution in [0.25, 0.3) is 0 Å². The zero-order valence-corrected chi connectivity index (χ0v) is 13.3. The Morgan fingerprint density at radius 2 is 2.05 bits per heavy atom. The topological polar surface area (TPSA) is 23.6 Å². The monoisotopic (exact) mass is 310 g/mol. The minimum Gasteiger partial charge on any atom is -0.343 e. The number of carbonyl (C=O) groups excluding carboxylic acids is 1. The average molecular weight is 310 g/mol. The summed E-state index contributed by atoms with van der Waals surface area (Å²) in [5.41, 5.74) is 0.399. The van der Waals surface area contributed by atoms with Crippen LogP contribution in [0.15, 0.2) is 18.2 Å². The Bertz CT molecular complexity index is 519. The van der Waals surface area contributed by atoms with Crippen LogP contribution in [0.1, 0.15) is 31.2 Å². The SMILES string of the molecule is CN(C)[C@H]1CCCN(C(=O)CCc2ccc(F)cc2F)CC1. The molecule has 2 rings (SSSR count). The maximum atomic E-state index is 13.6. The van der Waals surface area contributed by atoms with Gasteiger partial charge in [0, 0.05) is 31.6 Å². The van der Waals surface area contributed by atoms with E-state index in [0.29, 0.717) is 18.0 Å². The molecular formula is C17H24F2N2O. The molecule has 0 N–H and O–H groups in total. The van der Waals surface area contributed by atoms with Gasteiger partial charge in [0.25, 0.3) is 0 Å². The smallest absolute Gasteiger partial charge is 0.222 e. The van der Waals surface area contributed by atoms with Gasteiger partial charge < -0.3 is 9.80 Å². The lowest BCUT2D eigenvalue weighted by Gasteiger charge is -2.23. The number of hydrogen-bond acceptors (Lipinski definition) is 2. The molecule has 0 bridgehead atoms. The summed E-state index contributed by atoms with van der Waals surface area (Å²) in [6.07, 6.45) is 3.67. The molecule has 0 aliphatic carbocycles. The van der Waals surface area contributed by atoms with Gasteiger partial charge in [-0.25, -0.2) is 8.78 Å². The third-order valence-corrected chi connectivity index (χ3v) is 4.40. The van der Waals surface area contributed by atoms with Crippen molar-refractivity contribution in [2.45, 2.75) is 38.1 Å². The number of likely N-dealkylation sites (tertiary alicyclic amines) is 1. The van der Waals surface area contributed by atoms with Gasteiger partial charge in [0.2, 0.25) is 5.91 Å². The quantitative estimate of drug-likeness (QED) is 0.854. The third-order valence-electron chi connectivity index (χ3n) is 4.40. The molecule has 1 amide bonds. The Morgan fingerprint density at radius 3 is 2.73 bits per heavy atom. The van der Waals surface area contributed by atoms with Gasteiger partial charge in [-0.15, -0.1) is 0 Å². The maximum Gasteiger partial charge on any atom is 0.222 e. The Hall–Kier alpha value is -1.49. The molecular weight excluding hydrogens is 286 g/mol. The summed E-state index contributed by atoms with van der Waals surface area (Å²) in [7, 11) is 4.14. The molecule has 3 nitrogen and oxygen atoms in total. The number of hydrogen-bond donors (Lipinski definition) is 0. The minimum atomic E-state index is -0.588. The van der Waals surface area contributed by atoms with Crippen LogP contribution in [0.2, 0.25) is 0 Å². The van der Waals surface area contributed by atoms with Crippen LogP contribution >= 0.6 is 0 Å². The van der Waals surface area contributed by atoms with Crippen molar-refractivity contribution in [1.29, 1.82) is 0 Å². The predicted molar refractivity (Wildman–Crippen MR) is 82.6 cm³/mol. The lowest BCUT2D eigenvalue weighted by molar-refractivity contribution is -0.131. The van der Waals surface area contributed by atoms with E-state index in [4.69, 9.17) is 0 Å². The molecule has 1 atom stereocenters. The lowest BCUT2D eigenvalue weighted by atomic mass is 10.1. The number of rotatable bonds is 4. The summed E-state index contributed by atoms with van der Waals surface area (Å²) in [6.45, 7) is 1.53. The fourth-order valence-corrected chi connectivity index (χ4v) is 2.97. The highest BCUT2D eigenvalue weighted by Gasteiger charge is 2.21. The van der Waals surface area contributed by atoms with E-state index in [9.17, 15) is 13.6 Å². The molecule has 5 heteroatoms. The van der Waals surface area contributed by atoms with Crippen LogP contribution in [-0.2, 0) is 11.2 Å². The third kappa shape index (κ3) is 4.50. The number of benzene rings is 1. The van der Waals surface area contributed by atoms with Gasteiger partial charge in [-0.2, -0.15) is 0 Å². The summed E-state index contributed by atoms with van der Waals surface area (Å²) in [6, 6.07) is 4.04. The average Bonchev–Trinajstić information content (AvgIpc) is 2.72. The van der Waals surface area contributed by atoms with Crippen LogP contribution in [-0.4, -0.2) is 48.9 Å². The first kappa shape index (κ1) is 16.9. The molecule has 122 valence electrons. The fourth-order valence-electron chi connectivity index (χ4n) is 2.97. The largest absolute Gasteiger partial charge is 0.343 e. The van der Waals surface area contributed by atoms with E-state index in [-0.39, 0.29) is 12.3 Å². The molecule has 1 aromatic rings. The Kier molecular flexibility index (Phi) is 5.89. The summed E-state index contributed by atoms with van der Waals surface area (Å²) >= 11 is 0. The molecule has 1 aliphatic heterocycles. The highest BCUT2D eigenvalue weighted by molar-refractivity contribution is 5.76. The van der Waals surface area contributed by atoms with Crippen LogP contribution in [0.3, 0.4) is 0 Å². The summed E-state index contributed by atoms with van der Waals surface area (Å²) < 4.78 is 26.4. The van der Waals surface area contributed by atoms with E-state index < -0.39 is 11.6 Å². The maximum absolute atomic E-state index is 13.6. The molecule has 1 aliphatic rings. The lowest BCUT2D eigenvalue weighted by Crippen LogP contribution is -2.34. The van der Waals surface area contributed by atoms with Crippen LogP contribution in [0, 0.1) is 11.6 Å². The Morgan fingerprint density at radius 1 is 1.27 bits per heavy atom. The molecule has 0 spiro atoms. The van der Waals surface area contributed by atoms with Crippen molar-refractivity contribution < 1.29 is 13.6 Å². The second-order valence-corrected chi connectivity index (χ2v) is 6.16. The standard InChI is InChI=1S/C17H24F2N2O/c1-20(2)15-4-3-10-21(11-9-15)17(22)8-6-13-5-7-14(18)12-16(13)19/h5,7,12,15H,3-4,6,8-11H2,1-2H3/t15-/m0/s1. The second kappa shape index (κ2) is 7.68. The number of amides is 1. The van der Waals surface area contributed by atoms with Crippen molar-refractivity contribution in [3.63, 3.8) is 0 Å². The van der Waals surface area contributed by atoms with Gasteiger partial charge in [0.05, 0.1) is 0 Å². The van der Waals surface area contributed by atoms with Gasteiger partial charge >= 0.3 is 0 Å². The molecule has 0 radical (unpaired) electrons. The van der Waals surface area contributed by atoms with Crippen molar-refractivity contribution in [2.24, 2.45) is 0 Å². The van der Waals surface area contributed by atoms with Crippen molar-refractivity contribution >= 4 is 5.91 Å². The number of halogens is 2. The van der Waals surface area contributed by atoms with Gasteiger partial charge in [-0.3, -0.25) is 4.79 Å². The molecule has 0 saturated carbocycles. The van der Waals surface area contributed by atoms with Gasteiger partial charge in [-0.05, 0) is 51.4 Å². The number of aryl methyl sites for hydroxylation is 1. The van der Waals surface area contributed by atoms with Gasteiger partial charge in [-0.1, -0.05) is 6.07 Å². The fraction of sp³-hybridized carbons (Fsp3) is 0.588. The first-order valence-corrected chi connectivity index (χ1v) is 7.85. The molecule has 0 unspecified atom stereocenters. The Labute approximate surface area is 130 Å². The van der Waals surface area contributed by atoms with E-state index in [1.807, 2.05) is 4.90 Å². The first-order chi connectivity index (χ1) is 10.5. The first-order valence-electron chi connectivity index (χ1n) is 7.85. The van der Waals surface area contributed by atoms with Gasteiger partial charge in [0.15, 0.2) is 0 Å². The van der Waals surface area contributed by atoms with E-state index in [2.05, 4.69) is 19.0 Å².